The molecule has 1 atom stereocenters. The predicted octanol–water partition coefficient (Wildman–Crippen LogP) is 3.86. The van der Waals surface area contributed by atoms with E-state index in [4.69, 9.17) is 0 Å². The molecule has 1 heterocycles. The second-order valence-corrected chi connectivity index (χ2v) is 5.84. The molecule has 0 fully saturated rings. The number of carbonyl (C=O) groups is 1. The lowest BCUT2D eigenvalue weighted by molar-refractivity contribution is -0.122. The van der Waals surface area contributed by atoms with Crippen LogP contribution in [0.1, 0.15) is 22.6 Å². The molecular formula is C21H19FN2O. The third-order valence-corrected chi connectivity index (χ3v) is 4.09. The molecule has 3 rings (SSSR count). The Morgan fingerprint density at radius 3 is 2.48 bits per heavy atom. The quantitative estimate of drug-likeness (QED) is 0.744. The van der Waals surface area contributed by atoms with E-state index < -0.39 is 0 Å². The van der Waals surface area contributed by atoms with Gasteiger partial charge in [-0.2, -0.15) is 0 Å². The van der Waals surface area contributed by atoms with Gasteiger partial charge in [-0.25, -0.2) is 4.39 Å². The van der Waals surface area contributed by atoms with E-state index in [0.717, 1.165) is 11.1 Å². The Bertz CT molecular complexity index is 822. The normalized spacial score (nSPS) is 11.7. The van der Waals surface area contributed by atoms with Crippen LogP contribution in [0.5, 0.6) is 0 Å². The maximum absolute atomic E-state index is 13.8. The van der Waals surface area contributed by atoms with E-state index in [0.29, 0.717) is 12.0 Å². The third kappa shape index (κ3) is 4.51. The molecule has 25 heavy (non-hydrogen) atoms. The Labute approximate surface area is 146 Å². The molecule has 1 aromatic heterocycles. The molecule has 0 aliphatic carbocycles. The number of nitrogens with one attached hydrogen (secondary N) is 1. The fraction of sp³-hybridized carbons (Fsp3) is 0.143. The summed E-state index contributed by atoms with van der Waals surface area (Å²) in [7, 11) is 0. The molecule has 0 aliphatic heterocycles. The largest absolute Gasteiger partial charge is 0.351 e. The molecule has 0 spiro atoms. The Hall–Kier alpha value is -3.01. The molecule has 126 valence electrons. The van der Waals surface area contributed by atoms with E-state index in [1.807, 2.05) is 42.5 Å². The number of amides is 1. The van der Waals surface area contributed by atoms with Crippen LogP contribution in [0, 0.1) is 5.82 Å². The molecule has 3 nitrogen and oxygen atoms in total. The Morgan fingerprint density at radius 2 is 1.76 bits per heavy atom. The average Bonchev–Trinajstić information content (AvgIpc) is 2.67. The Morgan fingerprint density at radius 1 is 1.00 bits per heavy atom. The summed E-state index contributed by atoms with van der Waals surface area (Å²) in [6, 6.07) is 19.9. The van der Waals surface area contributed by atoms with E-state index in [2.05, 4.69) is 10.3 Å². The number of halogens is 1. The second kappa shape index (κ2) is 8.20. The maximum Gasteiger partial charge on any atom is 0.228 e. The molecular weight excluding hydrogens is 315 g/mol. The standard InChI is InChI=1S/C21H19FN2O/c22-20-11-5-4-10-18(20)15-24-21(25)19(17-8-2-1-3-9-17)13-16-7-6-12-23-14-16/h1-12,14,19H,13,15H2,(H,24,25). The van der Waals surface area contributed by atoms with Gasteiger partial charge >= 0.3 is 0 Å². The van der Waals surface area contributed by atoms with E-state index in [1.165, 1.54) is 6.07 Å². The van der Waals surface area contributed by atoms with Crippen LogP contribution in [0.2, 0.25) is 0 Å². The van der Waals surface area contributed by atoms with Crippen LogP contribution in [-0.4, -0.2) is 10.9 Å². The zero-order valence-corrected chi connectivity index (χ0v) is 13.7. The number of pyridine rings is 1. The van der Waals surface area contributed by atoms with Crippen LogP contribution in [0.3, 0.4) is 0 Å². The van der Waals surface area contributed by atoms with Gasteiger partial charge in [-0.15, -0.1) is 0 Å². The summed E-state index contributed by atoms with van der Waals surface area (Å²) in [6.45, 7) is 0.169. The van der Waals surface area contributed by atoms with Gasteiger partial charge in [0.2, 0.25) is 5.91 Å². The van der Waals surface area contributed by atoms with Gasteiger partial charge in [0.15, 0.2) is 0 Å². The zero-order valence-electron chi connectivity index (χ0n) is 13.7. The highest BCUT2D eigenvalue weighted by Crippen LogP contribution is 2.21. The molecule has 1 N–H and O–H groups in total. The highest BCUT2D eigenvalue weighted by Gasteiger charge is 2.21. The fourth-order valence-corrected chi connectivity index (χ4v) is 2.75. The van der Waals surface area contributed by atoms with Crippen molar-refractivity contribution in [3.8, 4) is 0 Å². The summed E-state index contributed by atoms with van der Waals surface area (Å²) in [6.07, 6.45) is 4.01. The average molecular weight is 334 g/mol. The molecule has 0 aliphatic rings. The van der Waals surface area contributed by atoms with Crippen LogP contribution in [0.15, 0.2) is 79.1 Å². The minimum Gasteiger partial charge on any atom is -0.351 e. The van der Waals surface area contributed by atoms with Crippen molar-refractivity contribution in [2.75, 3.05) is 0 Å². The lowest BCUT2D eigenvalue weighted by Crippen LogP contribution is -2.30. The lowest BCUT2D eigenvalue weighted by atomic mass is 9.91. The Kier molecular flexibility index (Phi) is 5.52. The van der Waals surface area contributed by atoms with Crippen molar-refractivity contribution >= 4 is 5.91 Å². The first kappa shape index (κ1) is 16.8. The molecule has 1 unspecified atom stereocenters. The minimum atomic E-state index is -0.350. The summed E-state index contributed by atoms with van der Waals surface area (Å²) >= 11 is 0. The van der Waals surface area contributed by atoms with Gasteiger partial charge in [-0.3, -0.25) is 9.78 Å². The molecule has 0 saturated heterocycles. The molecule has 2 aromatic carbocycles. The molecule has 0 bridgehead atoms. The topological polar surface area (TPSA) is 42.0 Å². The number of benzene rings is 2. The van der Waals surface area contributed by atoms with Crippen LogP contribution < -0.4 is 5.32 Å². The van der Waals surface area contributed by atoms with Crippen LogP contribution >= 0.6 is 0 Å². The predicted molar refractivity (Wildman–Crippen MR) is 95.4 cm³/mol. The van der Waals surface area contributed by atoms with Crippen LogP contribution in [-0.2, 0) is 17.8 Å². The first-order valence-corrected chi connectivity index (χ1v) is 8.19. The maximum atomic E-state index is 13.8. The smallest absolute Gasteiger partial charge is 0.228 e. The number of aromatic nitrogens is 1. The SMILES string of the molecule is O=C(NCc1ccccc1F)C(Cc1cccnc1)c1ccccc1. The summed E-state index contributed by atoms with van der Waals surface area (Å²) in [5.74, 6) is -0.790. The van der Waals surface area contributed by atoms with Crippen molar-refractivity contribution in [1.82, 2.24) is 10.3 Å². The molecule has 1 amide bonds. The van der Waals surface area contributed by atoms with Crippen LogP contribution in [0.4, 0.5) is 4.39 Å². The van der Waals surface area contributed by atoms with Gasteiger partial charge < -0.3 is 5.32 Å². The number of rotatable bonds is 6. The lowest BCUT2D eigenvalue weighted by Gasteiger charge is -2.17. The van der Waals surface area contributed by atoms with E-state index in [-0.39, 0.29) is 24.2 Å². The van der Waals surface area contributed by atoms with Gasteiger partial charge in [-0.05, 0) is 29.7 Å². The number of nitrogens with zero attached hydrogens (tertiary/aromatic N) is 1. The summed E-state index contributed by atoms with van der Waals surface area (Å²) in [5.41, 5.74) is 2.39. The first-order chi connectivity index (χ1) is 12.2. The first-order valence-electron chi connectivity index (χ1n) is 8.19. The molecule has 4 heteroatoms. The number of carbonyl (C=O) groups excluding carboxylic acids is 1. The van der Waals surface area contributed by atoms with Crippen LogP contribution in [0.25, 0.3) is 0 Å². The van der Waals surface area contributed by atoms with E-state index in [9.17, 15) is 9.18 Å². The van der Waals surface area contributed by atoms with Crippen molar-refractivity contribution in [2.24, 2.45) is 0 Å². The van der Waals surface area contributed by atoms with Gasteiger partial charge in [0.05, 0.1) is 5.92 Å². The van der Waals surface area contributed by atoms with E-state index >= 15 is 0 Å². The fourth-order valence-electron chi connectivity index (χ4n) is 2.75. The van der Waals surface area contributed by atoms with Gasteiger partial charge in [-0.1, -0.05) is 54.6 Å². The molecule has 3 aromatic rings. The number of hydrogen-bond acceptors (Lipinski definition) is 2. The number of hydrogen-bond donors (Lipinski definition) is 1. The van der Waals surface area contributed by atoms with Gasteiger partial charge in [0, 0.05) is 24.5 Å². The Balaban J connectivity index is 1.76. The van der Waals surface area contributed by atoms with Crippen molar-refractivity contribution in [2.45, 2.75) is 18.9 Å². The summed E-state index contributed by atoms with van der Waals surface area (Å²) in [4.78, 5) is 16.9. The van der Waals surface area contributed by atoms with Gasteiger partial charge in [0.1, 0.15) is 5.82 Å². The molecule has 0 saturated carbocycles. The highest BCUT2D eigenvalue weighted by molar-refractivity contribution is 5.84. The van der Waals surface area contributed by atoms with Crippen molar-refractivity contribution in [3.05, 3.63) is 102 Å². The molecule has 0 radical (unpaired) electrons. The monoisotopic (exact) mass is 334 g/mol. The zero-order chi connectivity index (χ0) is 17.5. The summed E-state index contributed by atoms with van der Waals surface area (Å²) < 4.78 is 13.8. The minimum absolute atomic E-state index is 0.127. The highest BCUT2D eigenvalue weighted by atomic mass is 19.1. The van der Waals surface area contributed by atoms with Crippen molar-refractivity contribution < 1.29 is 9.18 Å². The second-order valence-electron chi connectivity index (χ2n) is 5.84. The van der Waals surface area contributed by atoms with Crippen molar-refractivity contribution in [3.63, 3.8) is 0 Å². The van der Waals surface area contributed by atoms with Crippen molar-refractivity contribution in [1.29, 1.82) is 0 Å². The van der Waals surface area contributed by atoms with Gasteiger partial charge in [0.25, 0.3) is 0 Å². The third-order valence-electron chi connectivity index (χ3n) is 4.09. The summed E-state index contributed by atoms with van der Waals surface area (Å²) in [5, 5.41) is 2.86. The van der Waals surface area contributed by atoms with E-state index in [1.54, 1.807) is 30.6 Å².